The third-order valence-electron chi connectivity index (χ3n) is 4.57. The van der Waals surface area contributed by atoms with Gasteiger partial charge in [0.15, 0.2) is 0 Å². The first-order valence-corrected chi connectivity index (χ1v) is 11.7. The molecule has 0 unspecified atom stereocenters. The first-order chi connectivity index (χ1) is 17.7. The van der Waals surface area contributed by atoms with Gasteiger partial charge in [-0.2, -0.15) is 0 Å². The molecular formula is C26H44O13. The highest BCUT2D eigenvalue weighted by Gasteiger charge is 2.41. The molecular weight excluding hydrogens is 520 g/mol. The van der Waals surface area contributed by atoms with Crippen molar-refractivity contribution in [2.45, 2.75) is 67.2 Å². The molecule has 0 aromatic rings. The number of esters is 3. The number of aliphatic hydroxyl groups excluding tert-OH is 3. The van der Waals surface area contributed by atoms with Gasteiger partial charge in [-0.1, -0.05) is 14.0 Å². The summed E-state index contributed by atoms with van der Waals surface area (Å²) in [5, 5.41) is 25.3. The zero-order valence-electron chi connectivity index (χ0n) is 22.5. The Labute approximate surface area is 229 Å². The molecule has 0 fully saturated rings. The van der Waals surface area contributed by atoms with Crippen molar-refractivity contribution in [3.63, 3.8) is 0 Å². The molecule has 0 saturated heterocycles. The summed E-state index contributed by atoms with van der Waals surface area (Å²) in [6.45, 7) is 7.41. The minimum absolute atomic E-state index is 0. The lowest BCUT2D eigenvalue weighted by Crippen LogP contribution is -2.38. The van der Waals surface area contributed by atoms with Crippen LogP contribution < -0.4 is 0 Å². The maximum absolute atomic E-state index is 12.0. The van der Waals surface area contributed by atoms with Crippen molar-refractivity contribution in [3.8, 4) is 0 Å². The van der Waals surface area contributed by atoms with Crippen LogP contribution in [0.2, 0.25) is 0 Å². The average molecular weight is 565 g/mol. The second-order valence-corrected chi connectivity index (χ2v) is 7.76. The molecule has 3 N–H and O–H groups in total. The number of rotatable bonds is 17. The van der Waals surface area contributed by atoms with Crippen molar-refractivity contribution < 1.29 is 63.1 Å². The molecule has 226 valence electrons. The van der Waals surface area contributed by atoms with Crippen molar-refractivity contribution in [2.24, 2.45) is 5.41 Å². The summed E-state index contributed by atoms with van der Waals surface area (Å²) in [4.78, 5) is 77.1. The van der Waals surface area contributed by atoms with Crippen LogP contribution in [-0.2, 0) is 47.8 Å². The molecule has 0 heterocycles. The lowest BCUT2D eigenvalue weighted by atomic mass is 9.73. The molecule has 13 nitrogen and oxygen atoms in total. The summed E-state index contributed by atoms with van der Waals surface area (Å²) < 4.78 is 13.7. The monoisotopic (exact) mass is 564 g/mol. The standard InChI is InChI=1S/C15H24O8.C5H8O3.C5H8O2.CH4/c1-11(18)15(12(2)19,5-3-13(20)22-9-7-16)6-4-14(21)23-10-8-17;1-2-5(7)8-4-3-6;1-4(6)3-5(2)7;/h16-17H,3-10H2,1-2H3;2,6H,1,3-4H2;3H2,1-2H3;1H4. The van der Waals surface area contributed by atoms with E-state index in [4.69, 9.17) is 24.8 Å². The highest BCUT2D eigenvalue weighted by molar-refractivity contribution is 6.05. The lowest BCUT2D eigenvalue weighted by molar-refractivity contribution is -0.148. The Morgan fingerprint density at radius 1 is 0.667 bits per heavy atom. The Kier molecular flexibility index (Phi) is 28.9. The minimum atomic E-state index is -1.45. The van der Waals surface area contributed by atoms with Gasteiger partial charge in [-0.25, -0.2) is 4.79 Å². The van der Waals surface area contributed by atoms with Crippen molar-refractivity contribution in [1.29, 1.82) is 0 Å². The Bertz CT molecular complexity index is 735. The minimum Gasteiger partial charge on any atom is -0.463 e. The van der Waals surface area contributed by atoms with Gasteiger partial charge >= 0.3 is 17.9 Å². The summed E-state index contributed by atoms with van der Waals surface area (Å²) in [6.07, 6.45) is 0.635. The molecule has 0 aliphatic rings. The maximum Gasteiger partial charge on any atom is 0.330 e. The van der Waals surface area contributed by atoms with Crippen LogP contribution in [0.5, 0.6) is 0 Å². The topological polar surface area (TPSA) is 208 Å². The molecule has 0 aromatic carbocycles. The van der Waals surface area contributed by atoms with E-state index in [2.05, 4.69) is 11.3 Å². The van der Waals surface area contributed by atoms with Gasteiger partial charge in [0.05, 0.1) is 31.7 Å². The molecule has 0 rings (SSSR count). The van der Waals surface area contributed by atoms with E-state index in [1.54, 1.807) is 0 Å². The van der Waals surface area contributed by atoms with Gasteiger partial charge in [0.2, 0.25) is 0 Å². The number of ether oxygens (including phenoxy) is 3. The molecule has 39 heavy (non-hydrogen) atoms. The van der Waals surface area contributed by atoms with Crippen LogP contribution in [0.4, 0.5) is 0 Å². The van der Waals surface area contributed by atoms with Crippen LogP contribution >= 0.6 is 0 Å². The van der Waals surface area contributed by atoms with E-state index in [1.165, 1.54) is 27.7 Å². The molecule has 0 saturated carbocycles. The Morgan fingerprint density at radius 2 is 1.00 bits per heavy atom. The highest BCUT2D eigenvalue weighted by Crippen LogP contribution is 2.32. The average Bonchev–Trinajstić information content (AvgIpc) is 2.84. The van der Waals surface area contributed by atoms with Crippen molar-refractivity contribution >= 4 is 41.0 Å². The summed E-state index contributed by atoms with van der Waals surface area (Å²) in [5.41, 5.74) is -1.45. The van der Waals surface area contributed by atoms with Gasteiger partial charge in [0, 0.05) is 18.9 Å². The number of carbonyl (C=O) groups excluding carboxylic acids is 7. The quantitative estimate of drug-likeness (QED) is 0.0962. The van der Waals surface area contributed by atoms with E-state index < -0.39 is 34.9 Å². The van der Waals surface area contributed by atoms with E-state index in [1.807, 2.05) is 0 Å². The van der Waals surface area contributed by atoms with Gasteiger partial charge in [-0.15, -0.1) is 0 Å². The number of ketones is 4. The van der Waals surface area contributed by atoms with Crippen molar-refractivity contribution in [3.05, 3.63) is 12.7 Å². The number of hydrogen-bond donors (Lipinski definition) is 3. The molecule has 0 aliphatic carbocycles. The predicted molar refractivity (Wildman–Crippen MR) is 139 cm³/mol. The Balaban J connectivity index is -0.000000313. The van der Waals surface area contributed by atoms with Gasteiger partial charge < -0.3 is 29.5 Å². The smallest absolute Gasteiger partial charge is 0.330 e. The van der Waals surface area contributed by atoms with Crippen LogP contribution in [0.15, 0.2) is 12.7 Å². The zero-order valence-corrected chi connectivity index (χ0v) is 22.5. The van der Waals surface area contributed by atoms with Crippen molar-refractivity contribution in [1.82, 2.24) is 0 Å². The summed E-state index contributed by atoms with van der Waals surface area (Å²) >= 11 is 0. The predicted octanol–water partition coefficient (Wildman–Crippen LogP) is 0.681. The highest BCUT2D eigenvalue weighted by atomic mass is 16.5. The van der Waals surface area contributed by atoms with Gasteiger partial charge in [-0.05, 0) is 40.5 Å². The molecule has 0 radical (unpaired) electrons. The fourth-order valence-electron chi connectivity index (χ4n) is 2.73. The lowest BCUT2D eigenvalue weighted by Gasteiger charge is -2.28. The molecule has 0 aliphatic heterocycles. The second kappa shape index (κ2) is 26.3. The van der Waals surface area contributed by atoms with E-state index in [9.17, 15) is 33.6 Å². The number of hydrogen-bond acceptors (Lipinski definition) is 13. The normalized spacial score (nSPS) is 9.62. The fourth-order valence-corrected chi connectivity index (χ4v) is 2.73. The van der Waals surface area contributed by atoms with Crippen LogP contribution in [-0.4, -0.2) is 96.0 Å². The van der Waals surface area contributed by atoms with Crippen LogP contribution in [0.25, 0.3) is 0 Å². The van der Waals surface area contributed by atoms with Crippen LogP contribution in [0.1, 0.15) is 67.2 Å². The zero-order chi connectivity index (χ0) is 30.1. The molecule has 13 heteroatoms. The van der Waals surface area contributed by atoms with Crippen LogP contribution in [0, 0.1) is 5.41 Å². The van der Waals surface area contributed by atoms with E-state index in [-0.39, 0.29) is 90.7 Å². The summed E-state index contributed by atoms with van der Waals surface area (Å²) in [7, 11) is 0. The molecule has 0 spiro atoms. The van der Waals surface area contributed by atoms with Gasteiger partial charge in [-0.3, -0.25) is 28.8 Å². The first-order valence-electron chi connectivity index (χ1n) is 11.7. The molecule has 0 bridgehead atoms. The second-order valence-electron chi connectivity index (χ2n) is 7.76. The van der Waals surface area contributed by atoms with Crippen LogP contribution in [0.3, 0.4) is 0 Å². The van der Waals surface area contributed by atoms with E-state index in [0.29, 0.717) is 0 Å². The number of aliphatic hydroxyl groups is 3. The number of Topliss-reactive ketones (excluding diaryl/α,β-unsaturated/α-hetero) is 4. The van der Waals surface area contributed by atoms with Gasteiger partial charge in [0.1, 0.15) is 43.0 Å². The number of carbonyl (C=O) groups is 7. The third-order valence-corrected chi connectivity index (χ3v) is 4.57. The maximum atomic E-state index is 12.0. The van der Waals surface area contributed by atoms with E-state index >= 15 is 0 Å². The Morgan fingerprint density at radius 3 is 1.23 bits per heavy atom. The van der Waals surface area contributed by atoms with Crippen molar-refractivity contribution in [2.75, 3.05) is 39.6 Å². The molecule has 0 aromatic heterocycles. The Hall–Kier alpha value is -3.29. The fraction of sp³-hybridized carbons (Fsp3) is 0.654. The van der Waals surface area contributed by atoms with E-state index in [0.717, 1.165) is 6.08 Å². The SMILES string of the molecule is C.C=CC(=O)OCCO.CC(=O)C(CCC(=O)OCCO)(CCC(=O)OCCO)C(C)=O.CC(=O)CC(C)=O. The molecule has 0 atom stereocenters. The molecule has 0 amide bonds. The summed E-state index contributed by atoms with van der Waals surface area (Å²) in [6, 6.07) is 0. The largest absolute Gasteiger partial charge is 0.463 e. The van der Waals surface area contributed by atoms with Gasteiger partial charge in [0.25, 0.3) is 0 Å². The summed E-state index contributed by atoms with van der Waals surface area (Å²) in [5.74, 6) is -2.76. The third kappa shape index (κ3) is 24.8. The first kappa shape index (κ1) is 42.8.